The molecular weight excluding hydrogens is 362 g/mol. The normalized spacial score (nSPS) is 17.4. The lowest BCUT2D eigenvalue weighted by atomic mass is 10.2. The van der Waals surface area contributed by atoms with E-state index in [1.54, 1.807) is 6.20 Å². The van der Waals surface area contributed by atoms with Crippen LogP contribution in [0.4, 0.5) is 11.6 Å². The molecular formula is C19H22ClN7. The van der Waals surface area contributed by atoms with Gasteiger partial charge in [-0.15, -0.1) is 0 Å². The summed E-state index contributed by atoms with van der Waals surface area (Å²) in [6.45, 7) is 5.73. The SMILES string of the molecule is Cc1cc(Nc2cc(C)[nH]n2)nc(C2CCCN2Cc2ccc(Cl)cn2)n1. The molecule has 4 rings (SSSR count). The van der Waals surface area contributed by atoms with Gasteiger partial charge < -0.3 is 5.32 Å². The highest BCUT2D eigenvalue weighted by Crippen LogP contribution is 2.32. The maximum absolute atomic E-state index is 5.95. The van der Waals surface area contributed by atoms with Gasteiger partial charge in [-0.1, -0.05) is 11.6 Å². The zero-order valence-corrected chi connectivity index (χ0v) is 16.2. The molecule has 140 valence electrons. The monoisotopic (exact) mass is 383 g/mol. The molecule has 0 aliphatic carbocycles. The minimum absolute atomic E-state index is 0.184. The fraction of sp³-hybridized carbons (Fsp3) is 0.368. The summed E-state index contributed by atoms with van der Waals surface area (Å²) >= 11 is 5.95. The minimum Gasteiger partial charge on any atom is -0.323 e. The van der Waals surface area contributed by atoms with Crippen LogP contribution >= 0.6 is 11.6 Å². The van der Waals surface area contributed by atoms with Crippen LogP contribution in [0.2, 0.25) is 5.02 Å². The van der Waals surface area contributed by atoms with E-state index in [1.807, 2.05) is 38.1 Å². The molecule has 2 N–H and O–H groups in total. The van der Waals surface area contributed by atoms with Gasteiger partial charge in [0.25, 0.3) is 0 Å². The third kappa shape index (κ3) is 4.26. The van der Waals surface area contributed by atoms with Crippen molar-refractivity contribution in [2.75, 3.05) is 11.9 Å². The summed E-state index contributed by atoms with van der Waals surface area (Å²) in [5.74, 6) is 2.36. The summed E-state index contributed by atoms with van der Waals surface area (Å²) < 4.78 is 0. The molecule has 3 aromatic heterocycles. The molecule has 1 unspecified atom stereocenters. The number of rotatable bonds is 5. The number of aromatic amines is 1. The highest BCUT2D eigenvalue weighted by molar-refractivity contribution is 6.30. The van der Waals surface area contributed by atoms with E-state index in [4.69, 9.17) is 21.6 Å². The molecule has 3 aromatic rings. The average molecular weight is 384 g/mol. The second-order valence-electron chi connectivity index (χ2n) is 6.91. The molecule has 0 amide bonds. The summed E-state index contributed by atoms with van der Waals surface area (Å²) in [7, 11) is 0. The van der Waals surface area contributed by atoms with Gasteiger partial charge in [0.15, 0.2) is 5.82 Å². The Kier molecular flexibility index (Phi) is 5.05. The fourth-order valence-electron chi connectivity index (χ4n) is 3.43. The van der Waals surface area contributed by atoms with Crippen LogP contribution in [0.3, 0.4) is 0 Å². The van der Waals surface area contributed by atoms with E-state index in [1.165, 1.54) is 0 Å². The fourth-order valence-corrected chi connectivity index (χ4v) is 3.55. The van der Waals surface area contributed by atoms with Crippen LogP contribution in [-0.2, 0) is 6.54 Å². The molecule has 1 aliphatic heterocycles. The van der Waals surface area contributed by atoms with Gasteiger partial charge in [0, 0.05) is 36.3 Å². The number of aromatic nitrogens is 5. The number of H-pyrrole nitrogens is 1. The first-order valence-electron chi connectivity index (χ1n) is 9.06. The Morgan fingerprint density at radius 1 is 1.22 bits per heavy atom. The van der Waals surface area contributed by atoms with Crippen molar-refractivity contribution < 1.29 is 0 Å². The standard InChI is InChI=1S/C19H22ClN7/c1-12-8-17(23-18-9-13(2)25-26-18)24-19(22-12)16-4-3-7-27(16)11-15-6-5-14(20)10-21-15/h5-6,8-10,16H,3-4,7,11H2,1-2H3,(H2,22,23,24,25,26). The van der Waals surface area contributed by atoms with Crippen molar-refractivity contribution in [2.45, 2.75) is 39.3 Å². The number of nitrogens with one attached hydrogen (secondary N) is 2. The largest absolute Gasteiger partial charge is 0.323 e. The molecule has 0 spiro atoms. The molecule has 0 aromatic carbocycles. The predicted molar refractivity (Wildman–Crippen MR) is 105 cm³/mol. The van der Waals surface area contributed by atoms with Crippen molar-refractivity contribution in [3.63, 3.8) is 0 Å². The summed E-state index contributed by atoms with van der Waals surface area (Å²) in [5, 5.41) is 11.1. The van der Waals surface area contributed by atoms with E-state index in [0.29, 0.717) is 5.02 Å². The molecule has 8 heteroatoms. The molecule has 4 heterocycles. The van der Waals surface area contributed by atoms with Gasteiger partial charge in [-0.2, -0.15) is 5.10 Å². The summed E-state index contributed by atoms with van der Waals surface area (Å²) in [6.07, 6.45) is 3.86. The van der Waals surface area contributed by atoms with E-state index >= 15 is 0 Å². The molecule has 0 saturated carbocycles. The van der Waals surface area contributed by atoms with Gasteiger partial charge in [0.1, 0.15) is 11.6 Å². The predicted octanol–water partition coefficient (Wildman–Crippen LogP) is 3.95. The number of hydrogen-bond acceptors (Lipinski definition) is 6. The third-order valence-corrected chi connectivity index (χ3v) is 4.87. The first-order chi connectivity index (χ1) is 13.1. The van der Waals surface area contributed by atoms with E-state index in [0.717, 1.165) is 60.5 Å². The quantitative estimate of drug-likeness (QED) is 0.694. The van der Waals surface area contributed by atoms with E-state index in [2.05, 4.69) is 25.4 Å². The minimum atomic E-state index is 0.184. The number of pyridine rings is 1. The average Bonchev–Trinajstić information content (AvgIpc) is 3.25. The number of hydrogen-bond donors (Lipinski definition) is 2. The highest BCUT2D eigenvalue weighted by Gasteiger charge is 2.29. The topological polar surface area (TPSA) is 82.6 Å². The first kappa shape index (κ1) is 17.9. The number of halogens is 1. The number of nitrogens with zero attached hydrogens (tertiary/aromatic N) is 5. The second-order valence-corrected chi connectivity index (χ2v) is 7.35. The third-order valence-electron chi connectivity index (χ3n) is 4.65. The first-order valence-corrected chi connectivity index (χ1v) is 9.44. The van der Waals surface area contributed by atoms with Gasteiger partial charge in [0.2, 0.25) is 0 Å². The lowest BCUT2D eigenvalue weighted by Crippen LogP contribution is -2.25. The Hall–Kier alpha value is -2.51. The van der Waals surface area contributed by atoms with Crippen LogP contribution in [0.5, 0.6) is 0 Å². The molecule has 7 nitrogen and oxygen atoms in total. The molecule has 1 fully saturated rings. The van der Waals surface area contributed by atoms with Crippen LogP contribution in [0, 0.1) is 13.8 Å². The molecule has 0 bridgehead atoms. The second kappa shape index (κ2) is 7.62. The van der Waals surface area contributed by atoms with Crippen molar-refractivity contribution in [2.24, 2.45) is 0 Å². The van der Waals surface area contributed by atoms with Gasteiger partial charge in [-0.25, -0.2) is 9.97 Å². The van der Waals surface area contributed by atoms with Gasteiger partial charge in [-0.3, -0.25) is 15.0 Å². The van der Waals surface area contributed by atoms with Crippen LogP contribution in [-0.4, -0.2) is 36.6 Å². The van der Waals surface area contributed by atoms with E-state index in [-0.39, 0.29) is 6.04 Å². The number of anilines is 2. The Labute approximate surface area is 163 Å². The maximum atomic E-state index is 5.95. The van der Waals surface area contributed by atoms with Crippen LogP contribution < -0.4 is 5.32 Å². The van der Waals surface area contributed by atoms with Gasteiger partial charge in [-0.05, 0) is 45.4 Å². The number of aryl methyl sites for hydroxylation is 2. The lowest BCUT2D eigenvalue weighted by Gasteiger charge is -2.23. The lowest BCUT2D eigenvalue weighted by molar-refractivity contribution is 0.237. The Balaban J connectivity index is 1.54. The Morgan fingerprint density at radius 3 is 2.85 bits per heavy atom. The van der Waals surface area contributed by atoms with Crippen molar-refractivity contribution in [1.82, 2.24) is 30.0 Å². The van der Waals surface area contributed by atoms with Crippen molar-refractivity contribution in [3.05, 3.63) is 58.4 Å². The van der Waals surface area contributed by atoms with Crippen LogP contribution in [0.25, 0.3) is 0 Å². The molecule has 27 heavy (non-hydrogen) atoms. The summed E-state index contributed by atoms with van der Waals surface area (Å²) in [6, 6.07) is 7.93. The molecule has 0 radical (unpaired) electrons. The van der Waals surface area contributed by atoms with Crippen molar-refractivity contribution in [3.8, 4) is 0 Å². The van der Waals surface area contributed by atoms with E-state index in [9.17, 15) is 0 Å². The summed E-state index contributed by atoms with van der Waals surface area (Å²) in [4.78, 5) is 16.3. The van der Waals surface area contributed by atoms with Crippen molar-refractivity contribution >= 4 is 23.2 Å². The van der Waals surface area contributed by atoms with Gasteiger partial charge >= 0.3 is 0 Å². The van der Waals surface area contributed by atoms with Crippen LogP contribution in [0.15, 0.2) is 30.5 Å². The smallest absolute Gasteiger partial charge is 0.153 e. The Bertz CT molecular complexity index is 922. The number of likely N-dealkylation sites (tertiary alicyclic amines) is 1. The Morgan fingerprint density at radius 2 is 2.11 bits per heavy atom. The van der Waals surface area contributed by atoms with Crippen LogP contribution in [0.1, 0.15) is 41.8 Å². The molecule has 1 aliphatic rings. The zero-order chi connectivity index (χ0) is 18.8. The van der Waals surface area contributed by atoms with Crippen molar-refractivity contribution in [1.29, 1.82) is 0 Å². The van der Waals surface area contributed by atoms with Gasteiger partial charge in [0.05, 0.1) is 16.8 Å². The zero-order valence-electron chi connectivity index (χ0n) is 15.4. The molecule has 1 saturated heterocycles. The van der Waals surface area contributed by atoms with E-state index < -0.39 is 0 Å². The molecule has 1 atom stereocenters. The summed E-state index contributed by atoms with van der Waals surface area (Å²) in [5.41, 5.74) is 2.94. The maximum Gasteiger partial charge on any atom is 0.153 e. The highest BCUT2D eigenvalue weighted by atomic mass is 35.5.